The van der Waals surface area contributed by atoms with E-state index in [1.165, 1.54) is 6.08 Å². The van der Waals surface area contributed by atoms with Gasteiger partial charge in [-0.05, 0) is 65.4 Å². The number of fused-ring (bicyclic) bond motifs is 3. The number of rotatable bonds is 3. The van der Waals surface area contributed by atoms with Crippen molar-refractivity contribution < 1.29 is 29.6 Å². The van der Waals surface area contributed by atoms with E-state index >= 15 is 0 Å². The minimum absolute atomic E-state index is 0.126. The molecule has 6 heteroatoms. The average molecular weight is 495 g/mol. The number of ether oxygens (including phenoxy) is 1. The Hall–Kier alpha value is -2.54. The fraction of sp³-hybridized carbons (Fsp3) is 0.533. The molecule has 3 aliphatic rings. The predicted octanol–water partition coefficient (Wildman–Crippen LogP) is 4.00. The maximum Gasteiger partial charge on any atom is 0.331 e. The van der Waals surface area contributed by atoms with E-state index in [4.69, 9.17) is 4.74 Å². The van der Waals surface area contributed by atoms with Crippen LogP contribution in [0.5, 0.6) is 0 Å². The van der Waals surface area contributed by atoms with Gasteiger partial charge in [-0.1, -0.05) is 57.7 Å². The largest absolute Gasteiger partial charge is 0.455 e. The predicted molar refractivity (Wildman–Crippen MR) is 138 cm³/mol. The van der Waals surface area contributed by atoms with E-state index in [0.29, 0.717) is 29.6 Å². The first-order valence-electron chi connectivity index (χ1n) is 12.8. The van der Waals surface area contributed by atoms with Crippen molar-refractivity contribution in [1.29, 1.82) is 0 Å². The molecule has 0 aliphatic heterocycles. The highest BCUT2D eigenvalue weighted by Gasteiger charge is 2.56. The summed E-state index contributed by atoms with van der Waals surface area (Å²) in [7, 11) is 0. The maximum absolute atomic E-state index is 12.9. The fourth-order valence-corrected chi connectivity index (χ4v) is 6.96. The Labute approximate surface area is 213 Å². The highest BCUT2D eigenvalue weighted by atomic mass is 16.5. The molecule has 7 atom stereocenters. The van der Waals surface area contributed by atoms with Gasteiger partial charge in [0, 0.05) is 24.3 Å². The molecule has 194 valence electrons. The summed E-state index contributed by atoms with van der Waals surface area (Å²) in [6.07, 6.45) is 0.693. The van der Waals surface area contributed by atoms with E-state index in [0.717, 1.165) is 5.56 Å². The second-order valence-electron chi connectivity index (χ2n) is 11.6. The molecule has 3 aliphatic carbocycles. The third kappa shape index (κ3) is 4.62. The lowest BCUT2D eigenvalue weighted by Crippen LogP contribution is -2.51. The number of carbonyl (C=O) groups is 2. The van der Waals surface area contributed by atoms with Gasteiger partial charge in [0.1, 0.15) is 12.2 Å². The molecule has 0 heterocycles. The van der Waals surface area contributed by atoms with Crippen LogP contribution in [0.1, 0.15) is 58.9 Å². The van der Waals surface area contributed by atoms with Crippen LogP contribution in [-0.2, 0) is 14.3 Å². The quantitative estimate of drug-likeness (QED) is 0.333. The van der Waals surface area contributed by atoms with Crippen LogP contribution in [0, 0.1) is 22.7 Å². The Morgan fingerprint density at radius 1 is 1.14 bits per heavy atom. The van der Waals surface area contributed by atoms with Crippen molar-refractivity contribution in [3.63, 3.8) is 0 Å². The van der Waals surface area contributed by atoms with Crippen molar-refractivity contribution in [3.8, 4) is 0 Å². The van der Waals surface area contributed by atoms with E-state index in [9.17, 15) is 24.9 Å². The van der Waals surface area contributed by atoms with Gasteiger partial charge in [-0.3, -0.25) is 4.79 Å². The van der Waals surface area contributed by atoms with E-state index < -0.39 is 53.1 Å². The standard InChI is InChI=1S/C30H38O6/c1-17-21(31)15-20-27(34)26-18(2)23(36-24(33)12-11-19-9-7-6-8-10-19)13-14-30(26,5)16-22(32)28(35)25(17)29(20,3)4/h6-12,20,22-23,26-28,32,34-35H,2,13-16H2,1,3-5H3/b12-11+/t20-,22+,23-,26-,27+,28-,30-/m0/s1. The van der Waals surface area contributed by atoms with Crippen molar-refractivity contribution in [3.05, 3.63) is 65.3 Å². The number of hydrogen-bond acceptors (Lipinski definition) is 6. The van der Waals surface area contributed by atoms with Crippen LogP contribution in [0.3, 0.4) is 0 Å². The zero-order valence-electron chi connectivity index (χ0n) is 21.6. The molecule has 2 fully saturated rings. The second-order valence-corrected chi connectivity index (χ2v) is 11.6. The summed E-state index contributed by atoms with van der Waals surface area (Å²) in [6.45, 7) is 11.8. The number of hydrogen-bond donors (Lipinski definition) is 3. The molecule has 1 aromatic carbocycles. The lowest BCUT2D eigenvalue weighted by molar-refractivity contribution is -0.146. The van der Waals surface area contributed by atoms with Crippen LogP contribution in [-0.4, -0.2) is 51.5 Å². The summed E-state index contributed by atoms with van der Waals surface area (Å²) in [6, 6.07) is 9.45. The Balaban J connectivity index is 1.65. The van der Waals surface area contributed by atoms with Crippen molar-refractivity contribution in [1.82, 2.24) is 0 Å². The monoisotopic (exact) mass is 494 g/mol. The summed E-state index contributed by atoms with van der Waals surface area (Å²) < 4.78 is 5.79. The number of benzene rings is 1. The number of esters is 1. The van der Waals surface area contributed by atoms with Gasteiger partial charge in [0.05, 0.1) is 12.2 Å². The molecular formula is C30H38O6. The fourth-order valence-electron chi connectivity index (χ4n) is 6.96. The SMILES string of the molecule is C=C1[C@@H](OC(=O)/C=C/c2ccccc2)CC[C@@]2(C)C[C@@H](O)[C@H](O)C3=C(C)C(=O)C[C@@H]([C@@H](O)[C@H]12)C3(C)C. The van der Waals surface area contributed by atoms with Gasteiger partial charge in [-0.25, -0.2) is 4.79 Å². The number of allylic oxidation sites excluding steroid dienone is 1. The Bertz CT molecular complexity index is 1100. The molecule has 0 aromatic heterocycles. The normalized spacial score (nSPS) is 36.6. The third-order valence-corrected chi connectivity index (χ3v) is 8.95. The minimum Gasteiger partial charge on any atom is -0.455 e. The number of Topliss-reactive ketones (excluding diaryl/α,β-unsaturated/α-hetero) is 1. The van der Waals surface area contributed by atoms with Crippen molar-refractivity contribution in [2.24, 2.45) is 22.7 Å². The molecule has 0 spiro atoms. The zero-order chi connectivity index (χ0) is 26.4. The van der Waals surface area contributed by atoms with Gasteiger partial charge < -0.3 is 20.1 Å². The molecule has 36 heavy (non-hydrogen) atoms. The molecule has 0 unspecified atom stereocenters. The molecule has 0 amide bonds. The van der Waals surface area contributed by atoms with Crippen LogP contribution >= 0.6 is 0 Å². The summed E-state index contributed by atoms with van der Waals surface area (Å²) in [5.41, 5.74) is 1.15. The van der Waals surface area contributed by atoms with Crippen LogP contribution in [0.4, 0.5) is 0 Å². The average Bonchev–Trinajstić information content (AvgIpc) is 2.82. The van der Waals surface area contributed by atoms with E-state index in [2.05, 4.69) is 6.58 Å². The lowest BCUT2D eigenvalue weighted by Gasteiger charge is -2.51. The first-order chi connectivity index (χ1) is 16.9. The summed E-state index contributed by atoms with van der Waals surface area (Å²) in [5.74, 6) is -1.61. The third-order valence-electron chi connectivity index (χ3n) is 8.95. The van der Waals surface area contributed by atoms with Crippen LogP contribution < -0.4 is 0 Å². The summed E-state index contributed by atoms with van der Waals surface area (Å²) in [4.78, 5) is 25.6. The van der Waals surface area contributed by atoms with Crippen LogP contribution in [0.2, 0.25) is 0 Å². The van der Waals surface area contributed by atoms with E-state index in [1.807, 2.05) is 51.1 Å². The zero-order valence-corrected chi connectivity index (χ0v) is 21.6. The van der Waals surface area contributed by atoms with Crippen LogP contribution in [0.15, 0.2) is 59.7 Å². The van der Waals surface area contributed by atoms with Crippen molar-refractivity contribution >= 4 is 17.8 Å². The highest BCUT2D eigenvalue weighted by molar-refractivity contribution is 5.97. The number of aliphatic hydroxyl groups is 3. The maximum atomic E-state index is 12.9. The van der Waals surface area contributed by atoms with Gasteiger partial charge in [-0.15, -0.1) is 0 Å². The van der Waals surface area contributed by atoms with Crippen LogP contribution in [0.25, 0.3) is 6.08 Å². The lowest BCUT2D eigenvalue weighted by atomic mass is 9.55. The minimum atomic E-state index is -1.19. The first kappa shape index (κ1) is 26.5. The molecule has 6 nitrogen and oxygen atoms in total. The summed E-state index contributed by atoms with van der Waals surface area (Å²) in [5, 5.41) is 34.1. The summed E-state index contributed by atoms with van der Waals surface area (Å²) >= 11 is 0. The van der Waals surface area contributed by atoms with Gasteiger partial charge in [-0.2, -0.15) is 0 Å². The molecule has 4 rings (SSSR count). The van der Waals surface area contributed by atoms with Gasteiger partial charge >= 0.3 is 5.97 Å². The first-order valence-corrected chi connectivity index (χ1v) is 12.8. The molecule has 0 saturated heterocycles. The van der Waals surface area contributed by atoms with Crippen molar-refractivity contribution in [2.75, 3.05) is 0 Å². The van der Waals surface area contributed by atoms with Gasteiger partial charge in [0.15, 0.2) is 5.78 Å². The second kappa shape index (κ2) is 9.73. The Kier molecular flexibility index (Phi) is 7.17. The molecular weight excluding hydrogens is 456 g/mol. The number of aliphatic hydroxyl groups excluding tert-OH is 3. The van der Waals surface area contributed by atoms with Crippen molar-refractivity contribution in [2.45, 2.75) is 77.8 Å². The van der Waals surface area contributed by atoms with E-state index in [-0.39, 0.29) is 18.6 Å². The smallest absolute Gasteiger partial charge is 0.331 e. The molecule has 3 N–H and O–H groups in total. The Morgan fingerprint density at radius 3 is 2.47 bits per heavy atom. The highest BCUT2D eigenvalue weighted by Crippen LogP contribution is 2.57. The molecule has 0 radical (unpaired) electrons. The topological polar surface area (TPSA) is 104 Å². The Morgan fingerprint density at radius 2 is 1.81 bits per heavy atom. The van der Waals surface area contributed by atoms with Gasteiger partial charge in [0.2, 0.25) is 0 Å². The molecule has 2 bridgehead atoms. The van der Waals surface area contributed by atoms with E-state index in [1.54, 1.807) is 13.0 Å². The molecule has 2 saturated carbocycles. The number of carbonyl (C=O) groups excluding carboxylic acids is 2. The van der Waals surface area contributed by atoms with Gasteiger partial charge in [0.25, 0.3) is 0 Å². The number of ketones is 1. The molecule has 1 aromatic rings.